The van der Waals surface area contributed by atoms with Crippen LogP contribution in [0.1, 0.15) is 47.8 Å². The lowest BCUT2D eigenvalue weighted by molar-refractivity contribution is -0.0547. The fourth-order valence-corrected chi connectivity index (χ4v) is 10.1. The largest absolute Gasteiger partial charge is 0.408 e. The maximum atomic E-state index is 12.1. The van der Waals surface area contributed by atoms with Gasteiger partial charge in [0.25, 0.3) is 5.56 Å². The number of nitrogens with zero attached hydrogens (tertiary/aromatic N) is 1. The standard InChI is InChI=1S/C18H32N2O6Si/c1-10(2)27(11(3)4,12(5)6)26-16-13(9-21)25-17(15(16)23)20-8-7-14(22)19-18(20)24/h7-8,10-13,15-17,21,23H,9H2,1-6H3,(H,19,22,24)/t13-,15-,16-,17-/m1/s1. The number of aliphatic hydroxyl groups excluding tert-OH is 2. The summed E-state index contributed by atoms with van der Waals surface area (Å²) in [5.74, 6) is 0. The first-order chi connectivity index (χ1) is 12.6. The van der Waals surface area contributed by atoms with Gasteiger partial charge in [0, 0.05) is 12.3 Å². The molecule has 1 aromatic rings. The Balaban J connectivity index is 2.41. The number of ether oxygens (including phenoxy) is 1. The molecule has 1 aliphatic heterocycles. The van der Waals surface area contributed by atoms with Crippen LogP contribution in [0.25, 0.3) is 0 Å². The van der Waals surface area contributed by atoms with Crippen LogP contribution in [-0.4, -0.2) is 53.0 Å². The van der Waals surface area contributed by atoms with E-state index in [0.29, 0.717) is 16.6 Å². The minimum Gasteiger partial charge on any atom is -0.408 e. The van der Waals surface area contributed by atoms with Gasteiger partial charge in [-0.05, 0) is 16.6 Å². The van der Waals surface area contributed by atoms with Gasteiger partial charge >= 0.3 is 5.69 Å². The Labute approximate surface area is 160 Å². The molecule has 1 saturated heterocycles. The molecule has 1 fully saturated rings. The third kappa shape index (κ3) is 3.97. The van der Waals surface area contributed by atoms with Gasteiger partial charge in [-0.15, -0.1) is 0 Å². The zero-order chi connectivity index (χ0) is 20.5. The average molecular weight is 401 g/mol. The lowest BCUT2D eigenvalue weighted by Gasteiger charge is -2.45. The van der Waals surface area contributed by atoms with E-state index in [9.17, 15) is 19.8 Å². The summed E-state index contributed by atoms with van der Waals surface area (Å²) in [6, 6.07) is 1.19. The predicted octanol–water partition coefficient (Wildman–Crippen LogP) is 1.35. The van der Waals surface area contributed by atoms with Crippen molar-refractivity contribution in [1.82, 2.24) is 9.55 Å². The molecule has 0 radical (unpaired) electrons. The second kappa shape index (κ2) is 8.40. The summed E-state index contributed by atoms with van der Waals surface area (Å²) in [4.78, 5) is 25.6. The van der Waals surface area contributed by atoms with Crippen molar-refractivity contribution in [3.05, 3.63) is 33.1 Å². The van der Waals surface area contributed by atoms with Crippen molar-refractivity contribution in [2.75, 3.05) is 6.61 Å². The SMILES string of the molecule is CC(C)[Si](O[C@H]1[C@@H](O)[C@H](n2ccc(=O)[nH]c2=O)O[C@@H]1CO)(C(C)C)C(C)C. The van der Waals surface area contributed by atoms with E-state index < -0.39 is 44.1 Å². The van der Waals surface area contributed by atoms with E-state index in [1.165, 1.54) is 12.3 Å². The molecule has 9 heteroatoms. The molecule has 2 heterocycles. The average Bonchev–Trinajstić information content (AvgIpc) is 2.87. The van der Waals surface area contributed by atoms with Crippen molar-refractivity contribution in [3.8, 4) is 0 Å². The van der Waals surface area contributed by atoms with E-state index in [1.54, 1.807) is 0 Å². The molecule has 1 aliphatic rings. The molecule has 27 heavy (non-hydrogen) atoms. The maximum absolute atomic E-state index is 12.1. The highest BCUT2D eigenvalue weighted by molar-refractivity contribution is 6.77. The lowest BCUT2D eigenvalue weighted by atomic mass is 10.1. The molecule has 0 unspecified atom stereocenters. The van der Waals surface area contributed by atoms with E-state index in [-0.39, 0.29) is 6.61 Å². The van der Waals surface area contributed by atoms with Crippen LogP contribution < -0.4 is 11.2 Å². The van der Waals surface area contributed by atoms with Crippen LogP contribution >= 0.6 is 0 Å². The second-order valence-electron chi connectivity index (χ2n) is 8.16. The first-order valence-corrected chi connectivity index (χ1v) is 11.6. The molecule has 0 spiro atoms. The van der Waals surface area contributed by atoms with E-state index in [4.69, 9.17) is 9.16 Å². The monoisotopic (exact) mass is 400 g/mol. The van der Waals surface area contributed by atoms with Crippen molar-refractivity contribution in [3.63, 3.8) is 0 Å². The summed E-state index contributed by atoms with van der Waals surface area (Å²) in [6.07, 6.45) is -2.41. The smallest absolute Gasteiger partial charge is 0.330 e. The number of hydrogen-bond acceptors (Lipinski definition) is 6. The number of H-pyrrole nitrogens is 1. The lowest BCUT2D eigenvalue weighted by Crippen LogP contribution is -2.54. The molecule has 8 nitrogen and oxygen atoms in total. The van der Waals surface area contributed by atoms with Crippen LogP contribution in [0.5, 0.6) is 0 Å². The van der Waals surface area contributed by atoms with Gasteiger partial charge in [-0.2, -0.15) is 0 Å². The zero-order valence-electron chi connectivity index (χ0n) is 16.9. The Morgan fingerprint density at radius 3 is 2.19 bits per heavy atom. The Morgan fingerprint density at radius 1 is 1.19 bits per heavy atom. The molecule has 0 bridgehead atoms. The Kier molecular flexibility index (Phi) is 6.85. The van der Waals surface area contributed by atoms with Crippen LogP contribution in [0, 0.1) is 0 Å². The fraction of sp³-hybridized carbons (Fsp3) is 0.778. The Morgan fingerprint density at radius 2 is 1.74 bits per heavy atom. The summed E-state index contributed by atoms with van der Waals surface area (Å²) in [5, 5.41) is 20.7. The van der Waals surface area contributed by atoms with Crippen LogP contribution in [0.3, 0.4) is 0 Å². The molecule has 0 amide bonds. The van der Waals surface area contributed by atoms with E-state index in [2.05, 4.69) is 46.5 Å². The first-order valence-electron chi connectivity index (χ1n) is 9.49. The van der Waals surface area contributed by atoms with Crippen molar-refractivity contribution >= 4 is 8.32 Å². The summed E-state index contributed by atoms with van der Waals surface area (Å²) in [5.41, 5.74) is -0.332. The summed E-state index contributed by atoms with van der Waals surface area (Å²) in [7, 11) is -2.34. The normalized spacial score (nSPS) is 26.5. The van der Waals surface area contributed by atoms with Crippen molar-refractivity contribution in [2.24, 2.45) is 0 Å². The molecule has 0 aromatic carbocycles. The maximum Gasteiger partial charge on any atom is 0.330 e. The number of nitrogens with one attached hydrogen (secondary N) is 1. The number of aromatic amines is 1. The molecule has 1 aromatic heterocycles. The molecule has 0 aliphatic carbocycles. The van der Waals surface area contributed by atoms with Gasteiger partial charge in [-0.1, -0.05) is 41.5 Å². The third-order valence-corrected chi connectivity index (χ3v) is 11.8. The third-order valence-electron chi connectivity index (χ3n) is 5.66. The summed E-state index contributed by atoms with van der Waals surface area (Å²) >= 11 is 0. The Bertz CT molecular complexity index is 722. The number of aliphatic hydroxyl groups is 2. The van der Waals surface area contributed by atoms with Gasteiger partial charge in [0.2, 0.25) is 8.32 Å². The van der Waals surface area contributed by atoms with E-state index in [0.717, 1.165) is 4.57 Å². The number of rotatable bonds is 7. The van der Waals surface area contributed by atoms with Gasteiger partial charge in [0.1, 0.15) is 18.3 Å². The van der Waals surface area contributed by atoms with Crippen LogP contribution in [0.4, 0.5) is 0 Å². The van der Waals surface area contributed by atoms with Crippen molar-refractivity contribution in [1.29, 1.82) is 0 Å². The minimum atomic E-state index is -2.34. The van der Waals surface area contributed by atoms with Gasteiger partial charge in [0.15, 0.2) is 6.23 Å². The number of hydrogen-bond donors (Lipinski definition) is 3. The highest BCUT2D eigenvalue weighted by Gasteiger charge is 2.53. The second-order valence-corrected chi connectivity index (χ2v) is 13.6. The molecular weight excluding hydrogens is 368 g/mol. The van der Waals surface area contributed by atoms with Gasteiger partial charge in [-0.3, -0.25) is 14.3 Å². The van der Waals surface area contributed by atoms with E-state index >= 15 is 0 Å². The van der Waals surface area contributed by atoms with Gasteiger partial charge in [-0.25, -0.2) is 4.79 Å². The van der Waals surface area contributed by atoms with Crippen LogP contribution in [0.2, 0.25) is 16.6 Å². The fourth-order valence-electron chi connectivity index (χ4n) is 4.51. The first kappa shape index (κ1) is 22.0. The number of aromatic nitrogens is 2. The quantitative estimate of drug-likeness (QED) is 0.595. The highest BCUT2D eigenvalue weighted by Crippen LogP contribution is 2.45. The summed E-state index contributed by atoms with van der Waals surface area (Å²) < 4.78 is 13.5. The minimum absolute atomic E-state index is 0.291. The zero-order valence-corrected chi connectivity index (χ0v) is 17.9. The van der Waals surface area contributed by atoms with Gasteiger partial charge < -0.3 is 19.4 Å². The van der Waals surface area contributed by atoms with Crippen LogP contribution in [-0.2, 0) is 9.16 Å². The molecule has 0 saturated carbocycles. The van der Waals surface area contributed by atoms with Crippen molar-refractivity contribution in [2.45, 2.75) is 82.7 Å². The highest BCUT2D eigenvalue weighted by atomic mass is 28.4. The molecule has 3 N–H and O–H groups in total. The Hall–Kier alpha value is -1.26. The molecule has 4 atom stereocenters. The topological polar surface area (TPSA) is 114 Å². The van der Waals surface area contributed by atoms with E-state index in [1.807, 2.05) is 0 Å². The van der Waals surface area contributed by atoms with Gasteiger partial charge in [0.05, 0.1) is 6.61 Å². The summed E-state index contributed by atoms with van der Waals surface area (Å²) in [6.45, 7) is 12.4. The molecule has 154 valence electrons. The predicted molar refractivity (Wildman–Crippen MR) is 104 cm³/mol. The van der Waals surface area contributed by atoms with Crippen molar-refractivity contribution < 1.29 is 19.4 Å². The molecule has 2 rings (SSSR count). The van der Waals surface area contributed by atoms with Crippen LogP contribution in [0.15, 0.2) is 21.9 Å². The molecular formula is C18H32N2O6Si.